The van der Waals surface area contributed by atoms with Crippen molar-refractivity contribution < 1.29 is 4.42 Å². The van der Waals surface area contributed by atoms with Crippen molar-refractivity contribution in [1.29, 1.82) is 0 Å². The molecule has 6 nitrogen and oxygen atoms in total. The molecular weight excluding hydrogens is 220 g/mol. The second-order valence-corrected chi connectivity index (χ2v) is 3.55. The summed E-state index contributed by atoms with van der Waals surface area (Å²) in [5.41, 5.74) is 0.562. The van der Waals surface area contributed by atoms with Gasteiger partial charge in [-0.15, -0.1) is 10.2 Å². The predicted octanol–water partition coefficient (Wildman–Crippen LogP) is 0.577. The SMILES string of the molecule is CCNCCc1nnc(-c2ccc(=O)[nH]c2)o1. The van der Waals surface area contributed by atoms with Gasteiger partial charge in [-0.05, 0) is 12.6 Å². The van der Waals surface area contributed by atoms with Crippen LogP contribution in [-0.2, 0) is 6.42 Å². The summed E-state index contributed by atoms with van der Waals surface area (Å²) in [5, 5.41) is 11.0. The molecule has 2 aromatic rings. The average Bonchev–Trinajstić information content (AvgIpc) is 2.79. The van der Waals surface area contributed by atoms with Crippen LogP contribution in [0.15, 0.2) is 27.5 Å². The zero-order valence-electron chi connectivity index (χ0n) is 9.56. The highest BCUT2D eigenvalue weighted by Gasteiger charge is 2.07. The van der Waals surface area contributed by atoms with E-state index in [0.29, 0.717) is 23.8 Å². The van der Waals surface area contributed by atoms with E-state index in [0.717, 1.165) is 13.1 Å². The number of nitrogens with one attached hydrogen (secondary N) is 2. The fraction of sp³-hybridized carbons (Fsp3) is 0.364. The molecule has 0 saturated carbocycles. The Hall–Kier alpha value is -1.95. The third-order valence-corrected chi connectivity index (χ3v) is 2.26. The van der Waals surface area contributed by atoms with Crippen LogP contribution in [0, 0.1) is 0 Å². The number of nitrogens with zero attached hydrogens (tertiary/aromatic N) is 2. The molecule has 17 heavy (non-hydrogen) atoms. The lowest BCUT2D eigenvalue weighted by Gasteiger charge is -1.96. The molecule has 0 radical (unpaired) electrons. The van der Waals surface area contributed by atoms with E-state index < -0.39 is 0 Å². The van der Waals surface area contributed by atoms with E-state index in [1.807, 2.05) is 6.92 Å². The first-order valence-electron chi connectivity index (χ1n) is 5.52. The summed E-state index contributed by atoms with van der Waals surface area (Å²) in [5.74, 6) is 1.01. The fourth-order valence-electron chi connectivity index (χ4n) is 1.39. The Morgan fingerprint density at radius 1 is 1.41 bits per heavy atom. The number of aromatic amines is 1. The van der Waals surface area contributed by atoms with Gasteiger partial charge in [0.1, 0.15) is 0 Å². The molecular formula is C11H14N4O2. The Morgan fingerprint density at radius 3 is 3.00 bits per heavy atom. The monoisotopic (exact) mass is 234 g/mol. The molecule has 0 spiro atoms. The van der Waals surface area contributed by atoms with E-state index in [1.54, 1.807) is 12.3 Å². The molecule has 2 N–H and O–H groups in total. The zero-order chi connectivity index (χ0) is 12.1. The number of hydrogen-bond donors (Lipinski definition) is 2. The zero-order valence-corrected chi connectivity index (χ0v) is 9.56. The Bertz CT molecular complexity index is 512. The molecule has 2 aromatic heterocycles. The van der Waals surface area contributed by atoms with Gasteiger partial charge in [-0.25, -0.2) is 0 Å². The van der Waals surface area contributed by atoms with Crippen molar-refractivity contribution in [2.24, 2.45) is 0 Å². The van der Waals surface area contributed by atoms with Crippen LogP contribution in [0.4, 0.5) is 0 Å². The Morgan fingerprint density at radius 2 is 2.29 bits per heavy atom. The maximum absolute atomic E-state index is 10.9. The van der Waals surface area contributed by atoms with Crippen molar-refractivity contribution in [3.05, 3.63) is 34.6 Å². The summed E-state index contributed by atoms with van der Waals surface area (Å²) in [4.78, 5) is 13.5. The standard InChI is InChI=1S/C11H14N4O2/c1-2-12-6-5-10-14-15-11(17-10)8-3-4-9(16)13-7-8/h3-4,7,12H,2,5-6H2,1H3,(H,13,16). The molecule has 2 heterocycles. The van der Waals surface area contributed by atoms with Crippen molar-refractivity contribution in [3.63, 3.8) is 0 Å². The van der Waals surface area contributed by atoms with Crippen LogP contribution in [-0.4, -0.2) is 28.3 Å². The third kappa shape index (κ3) is 3.01. The third-order valence-electron chi connectivity index (χ3n) is 2.26. The lowest BCUT2D eigenvalue weighted by Crippen LogP contribution is -2.16. The molecule has 0 amide bonds. The molecule has 0 aliphatic rings. The topological polar surface area (TPSA) is 83.8 Å². The first-order valence-corrected chi connectivity index (χ1v) is 5.52. The van der Waals surface area contributed by atoms with Crippen molar-refractivity contribution in [2.45, 2.75) is 13.3 Å². The summed E-state index contributed by atoms with van der Waals surface area (Å²) in [6.45, 7) is 3.77. The van der Waals surface area contributed by atoms with Crippen molar-refractivity contribution in [1.82, 2.24) is 20.5 Å². The van der Waals surface area contributed by atoms with E-state index in [2.05, 4.69) is 20.5 Å². The van der Waals surface area contributed by atoms with E-state index in [1.165, 1.54) is 6.07 Å². The summed E-state index contributed by atoms with van der Waals surface area (Å²) in [6.07, 6.45) is 2.26. The number of pyridine rings is 1. The van der Waals surface area contributed by atoms with Crippen molar-refractivity contribution in [2.75, 3.05) is 13.1 Å². The second kappa shape index (κ2) is 5.40. The van der Waals surface area contributed by atoms with Gasteiger partial charge in [0.25, 0.3) is 0 Å². The van der Waals surface area contributed by atoms with Gasteiger partial charge in [0.2, 0.25) is 17.3 Å². The van der Waals surface area contributed by atoms with Crippen LogP contribution in [0.2, 0.25) is 0 Å². The highest BCUT2D eigenvalue weighted by atomic mass is 16.4. The Balaban J connectivity index is 2.07. The summed E-state index contributed by atoms with van der Waals surface area (Å²) in [7, 11) is 0. The van der Waals surface area contributed by atoms with Gasteiger partial charge in [0.15, 0.2) is 0 Å². The minimum absolute atomic E-state index is 0.152. The van der Waals surface area contributed by atoms with Crippen molar-refractivity contribution >= 4 is 0 Å². The first-order chi connectivity index (χ1) is 8.29. The lowest BCUT2D eigenvalue weighted by atomic mass is 10.3. The maximum Gasteiger partial charge on any atom is 0.249 e. The fourth-order valence-corrected chi connectivity index (χ4v) is 1.39. The molecule has 90 valence electrons. The molecule has 0 aliphatic heterocycles. The summed E-state index contributed by atoms with van der Waals surface area (Å²) >= 11 is 0. The van der Waals surface area contributed by atoms with Crippen LogP contribution >= 0.6 is 0 Å². The first kappa shape index (κ1) is 11.5. The molecule has 0 aromatic carbocycles. The lowest BCUT2D eigenvalue weighted by molar-refractivity contribution is 0.496. The minimum Gasteiger partial charge on any atom is -0.421 e. The normalized spacial score (nSPS) is 10.6. The molecule has 0 saturated heterocycles. The largest absolute Gasteiger partial charge is 0.421 e. The van der Waals surface area contributed by atoms with E-state index in [9.17, 15) is 4.79 Å². The number of aromatic nitrogens is 3. The molecule has 0 unspecified atom stereocenters. The van der Waals surface area contributed by atoms with Gasteiger partial charge < -0.3 is 14.7 Å². The molecule has 0 aliphatic carbocycles. The smallest absolute Gasteiger partial charge is 0.249 e. The molecule has 6 heteroatoms. The van der Waals surface area contributed by atoms with Gasteiger partial charge in [-0.1, -0.05) is 6.92 Å². The maximum atomic E-state index is 10.9. The van der Waals surface area contributed by atoms with Crippen LogP contribution in [0.1, 0.15) is 12.8 Å². The Kier molecular flexibility index (Phi) is 3.66. The number of rotatable bonds is 5. The second-order valence-electron chi connectivity index (χ2n) is 3.55. The molecule has 0 bridgehead atoms. The average molecular weight is 234 g/mol. The predicted molar refractivity (Wildman–Crippen MR) is 62.6 cm³/mol. The van der Waals surface area contributed by atoms with Crippen LogP contribution < -0.4 is 10.9 Å². The van der Waals surface area contributed by atoms with Gasteiger partial charge in [0, 0.05) is 25.2 Å². The molecule has 2 rings (SSSR count). The van der Waals surface area contributed by atoms with Crippen molar-refractivity contribution in [3.8, 4) is 11.5 Å². The van der Waals surface area contributed by atoms with Gasteiger partial charge in [0.05, 0.1) is 5.56 Å². The highest BCUT2D eigenvalue weighted by molar-refractivity contribution is 5.49. The molecule has 0 atom stereocenters. The minimum atomic E-state index is -0.152. The summed E-state index contributed by atoms with van der Waals surface area (Å²) in [6, 6.07) is 3.08. The Labute approximate surface area is 98.1 Å². The van der Waals surface area contributed by atoms with E-state index >= 15 is 0 Å². The highest BCUT2D eigenvalue weighted by Crippen LogP contribution is 2.15. The van der Waals surface area contributed by atoms with E-state index in [-0.39, 0.29) is 5.56 Å². The van der Waals surface area contributed by atoms with Crippen LogP contribution in [0.25, 0.3) is 11.5 Å². The number of H-pyrrole nitrogens is 1. The number of likely N-dealkylation sites (N-methyl/N-ethyl adjacent to an activating group) is 1. The summed E-state index contributed by atoms with van der Waals surface area (Å²) < 4.78 is 5.47. The van der Waals surface area contributed by atoms with Gasteiger partial charge >= 0.3 is 0 Å². The van der Waals surface area contributed by atoms with Gasteiger partial charge in [-0.2, -0.15) is 0 Å². The van der Waals surface area contributed by atoms with Gasteiger partial charge in [-0.3, -0.25) is 4.79 Å². The molecule has 0 fully saturated rings. The van der Waals surface area contributed by atoms with E-state index in [4.69, 9.17) is 4.42 Å². The number of hydrogen-bond acceptors (Lipinski definition) is 5. The van der Waals surface area contributed by atoms with Crippen LogP contribution in [0.5, 0.6) is 0 Å². The van der Waals surface area contributed by atoms with Crippen LogP contribution in [0.3, 0.4) is 0 Å². The quantitative estimate of drug-likeness (QED) is 0.739.